The Kier molecular flexibility index (Phi) is 4.94. The first kappa shape index (κ1) is 15.5. The van der Waals surface area contributed by atoms with Crippen LogP contribution < -0.4 is 5.32 Å². The van der Waals surface area contributed by atoms with Gasteiger partial charge in [0, 0.05) is 18.9 Å². The van der Waals surface area contributed by atoms with Gasteiger partial charge in [-0.2, -0.15) is 0 Å². The molecule has 0 radical (unpaired) electrons. The highest BCUT2D eigenvalue weighted by Gasteiger charge is 2.39. The quantitative estimate of drug-likeness (QED) is 0.898. The van der Waals surface area contributed by atoms with E-state index in [0.717, 1.165) is 5.56 Å². The van der Waals surface area contributed by atoms with E-state index in [1.165, 1.54) is 0 Å². The third kappa shape index (κ3) is 3.60. The Hall–Kier alpha value is -1.91. The third-order valence-electron chi connectivity index (χ3n) is 3.77. The van der Waals surface area contributed by atoms with Crippen LogP contribution in [0.5, 0.6) is 0 Å². The third-order valence-corrected chi connectivity index (χ3v) is 3.77. The normalized spacial score (nSPS) is 22.6. The van der Waals surface area contributed by atoms with Gasteiger partial charge in [-0.25, -0.2) is 0 Å². The number of amides is 2. The van der Waals surface area contributed by atoms with Gasteiger partial charge in [0.2, 0.25) is 11.8 Å². The molecule has 0 saturated carbocycles. The molecule has 1 aromatic heterocycles. The van der Waals surface area contributed by atoms with Crippen LogP contribution in [0.3, 0.4) is 0 Å². The van der Waals surface area contributed by atoms with Crippen LogP contribution >= 0.6 is 0 Å². The van der Waals surface area contributed by atoms with Crippen LogP contribution in [-0.2, 0) is 16.1 Å². The molecule has 21 heavy (non-hydrogen) atoms. The summed E-state index contributed by atoms with van der Waals surface area (Å²) in [6, 6.07) is 2.98. The Labute approximate surface area is 125 Å². The molecule has 2 amide bonds. The minimum atomic E-state index is -0.401. The van der Waals surface area contributed by atoms with Crippen LogP contribution in [-0.4, -0.2) is 33.8 Å². The Bertz CT molecular complexity index is 502. The average Bonchev–Trinajstić information content (AvgIpc) is 2.45. The van der Waals surface area contributed by atoms with Gasteiger partial charge >= 0.3 is 0 Å². The maximum atomic E-state index is 12.7. The fourth-order valence-electron chi connectivity index (χ4n) is 2.73. The summed E-state index contributed by atoms with van der Waals surface area (Å²) in [7, 11) is 0. The molecule has 2 rings (SSSR count). The van der Waals surface area contributed by atoms with Gasteiger partial charge in [-0.15, -0.1) is 0 Å². The SMILES string of the molecule is CCC1C(=O)NC(CC(C)C)C(=O)N1Cc1ccncc1. The van der Waals surface area contributed by atoms with Gasteiger partial charge in [0.25, 0.3) is 0 Å². The number of carbonyl (C=O) groups is 2. The summed E-state index contributed by atoms with van der Waals surface area (Å²) in [5.41, 5.74) is 0.995. The van der Waals surface area contributed by atoms with Gasteiger partial charge in [-0.3, -0.25) is 14.6 Å². The predicted molar refractivity (Wildman–Crippen MR) is 80.3 cm³/mol. The van der Waals surface area contributed by atoms with Crippen molar-refractivity contribution in [3.05, 3.63) is 30.1 Å². The molecular weight excluding hydrogens is 266 g/mol. The maximum Gasteiger partial charge on any atom is 0.246 e. The van der Waals surface area contributed by atoms with Crippen molar-refractivity contribution >= 4 is 11.8 Å². The van der Waals surface area contributed by atoms with Crippen LogP contribution in [0.25, 0.3) is 0 Å². The van der Waals surface area contributed by atoms with Gasteiger partial charge in [-0.1, -0.05) is 20.8 Å². The highest BCUT2D eigenvalue weighted by atomic mass is 16.2. The zero-order valence-electron chi connectivity index (χ0n) is 12.9. The van der Waals surface area contributed by atoms with E-state index in [9.17, 15) is 9.59 Å². The summed E-state index contributed by atoms with van der Waals surface area (Å²) < 4.78 is 0. The summed E-state index contributed by atoms with van der Waals surface area (Å²) in [5, 5.41) is 2.87. The Morgan fingerprint density at radius 1 is 1.29 bits per heavy atom. The number of nitrogens with zero attached hydrogens (tertiary/aromatic N) is 2. The lowest BCUT2D eigenvalue weighted by molar-refractivity contribution is -0.150. The highest BCUT2D eigenvalue weighted by molar-refractivity contribution is 5.96. The zero-order valence-corrected chi connectivity index (χ0v) is 12.9. The lowest BCUT2D eigenvalue weighted by Crippen LogP contribution is -2.62. The monoisotopic (exact) mass is 289 g/mol. The first-order chi connectivity index (χ1) is 10.0. The molecule has 2 atom stereocenters. The van der Waals surface area contributed by atoms with Crippen LogP contribution in [0.15, 0.2) is 24.5 Å². The van der Waals surface area contributed by atoms with E-state index < -0.39 is 6.04 Å². The summed E-state index contributed by atoms with van der Waals surface area (Å²) >= 11 is 0. The number of hydrogen-bond donors (Lipinski definition) is 1. The summed E-state index contributed by atoms with van der Waals surface area (Å²) in [4.78, 5) is 30.6. The number of pyridine rings is 1. The van der Waals surface area contributed by atoms with Crippen LogP contribution in [0.2, 0.25) is 0 Å². The number of piperazine rings is 1. The summed E-state index contributed by atoms with van der Waals surface area (Å²) in [5.74, 6) is 0.337. The van der Waals surface area contributed by atoms with Crippen molar-refractivity contribution in [3.63, 3.8) is 0 Å². The van der Waals surface area contributed by atoms with Crippen molar-refractivity contribution < 1.29 is 9.59 Å². The molecule has 0 bridgehead atoms. The maximum absolute atomic E-state index is 12.7. The lowest BCUT2D eigenvalue weighted by Gasteiger charge is -2.39. The van der Waals surface area contributed by atoms with Gasteiger partial charge in [0.05, 0.1) is 0 Å². The molecule has 2 unspecified atom stereocenters. The Morgan fingerprint density at radius 2 is 1.95 bits per heavy atom. The van der Waals surface area contributed by atoms with Crippen molar-refractivity contribution in [1.29, 1.82) is 0 Å². The van der Waals surface area contributed by atoms with E-state index >= 15 is 0 Å². The fraction of sp³-hybridized carbons (Fsp3) is 0.562. The molecule has 1 N–H and O–H groups in total. The second-order valence-corrected chi connectivity index (χ2v) is 5.94. The molecule has 1 aromatic rings. The van der Waals surface area contributed by atoms with Crippen molar-refractivity contribution in [3.8, 4) is 0 Å². The lowest BCUT2D eigenvalue weighted by atomic mass is 9.97. The number of aromatic nitrogens is 1. The first-order valence-electron chi connectivity index (χ1n) is 7.52. The fourth-order valence-corrected chi connectivity index (χ4v) is 2.73. The van der Waals surface area contributed by atoms with E-state index in [-0.39, 0.29) is 17.9 Å². The van der Waals surface area contributed by atoms with Crippen molar-refractivity contribution in [1.82, 2.24) is 15.2 Å². The molecule has 5 heteroatoms. The number of carbonyl (C=O) groups excluding carboxylic acids is 2. The molecule has 1 saturated heterocycles. The molecule has 0 aromatic carbocycles. The topological polar surface area (TPSA) is 62.3 Å². The van der Waals surface area contributed by atoms with Crippen molar-refractivity contribution in [2.24, 2.45) is 5.92 Å². The first-order valence-corrected chi connectivity index (χ1v) is 7.52. The van der Waals surface area contributed by atoms with E-state index in [4.69, 9.17) is 0 Å². The Morgan fingerprint density at radius 3 is 2.52 bits per heavy atom. The van der Waals surface area contributed by atoms with Crippen molar-refractivity contribution in [2.75, 3.05) is 0 Å². The number of hydrogen-bond acceptors (Lipinski definition) is 3. The van der Waals surface area contributed by atoms with Gasteiger partial charge < -0.3 is 10.2 Å². The molecule has 5 nitrogen and oxygen atoms in total. The van der Waals surface area contributed by atoms with Crippen LogP contribution in [0, 0.1) is 5.92 Å². The minimum Gasteiger partial charge on any atom is -0.342 e. The Balaban J connectivity index is 2.20. The summed E-state index contributed by atoms with van der Waals surface area (Å²) in [6.45, 7) is 6.50. The van der Waals surface area contributed by atoms with E-state index in [1.54, 1.807) is 17.3 Å². The van der Waals surface area contributed by atoms with E-state index in [0.29, 0.717) is 25.3 Å². The van der Waals surface area contributed by atoms with Crippen LogP contribution in [0.4, 0.5) is 0 Å². The van der Waals surface area contributed by atoms with E-state index in [1.807, 2.05) is 19.1 Å². The number of rotatable bonds is 5. The second-order valence-electron chi connectivity index (χ2n) is 5.94. The molecule has 1 aliphatic heterocycles. The standard InChI is InChI=1S/C16H23N3O2/c1-4-14-15(20)18-13(9-11(2)3)16(21)19(14)10-12-5-7-17-8-6-12/h5-8,11,13-14H,4,9-10H2,1-3H3,(H,18,20). The molecule has 2 heterocycles. The van der Waals surface area contributed by atoms with Gasteiger partial charge in [0.15, 0.2) is 0 Å². The summed E-state index contributed by atoms with van der Waals surface area (Å²) in [6.07, 6.45) is 4.71. The second kappa shape index (κ2) is 6.70. The van der Waals surface area contributed by atoms with Crippen molar-refractivity contribution in [2.45, 2.75) is 52.2 Å². The molecule has 0 spiro atoms. The van der Waals surface area contributed by atoms with Crippen LogP contribution in [0.1, 0.15) is 39.2 Å². The molecule has 0 aliphatic carbocycles. The molecule has 114 valence electrons. The molecule has 1 fully saturated rings. The average molecular weight is 289 g/mol. The van der Waals surface area contributed by atoms with E-state index in [2.05, 4.69) is 24.1 Å². The zero-order chi connectivity index (χ0) is 15.4. The predicted octanol–water partition coefficient (Wildman–Crippen LogP) is 1.73. The smallest absolute Gasteiger partial charge is 0.246 e. The highest BCUT2D eigenvalue weighted by Crippen LogP contribution is 2.20. The minimum absolute atomic E-state index is 0.0203. The largest absolute Gasteiger partial charge is 0.342 e. The number of nitrogens with one attached hydrogen (secondary N) is 1. The van der Waals surface area contributed by atoms with Gasteiger partial charge in [-0.05, 0) is 36.5 Å². The molecular formula is C16H23N3O2. The molecule has 1 aliphatic rings. The van der Waals surface area contributed by atoms with Gasteiger partial charge in [0.1, 0.15) is 12.1 Å².